The second-order valence-corrected chi connectivity index (χ2v) is 14.2. The number of aliphatic carboxylic acids is 1. The van der Waals surface area contributed by atoms with Gasteiger partial charge in [-0.05, 0) is 41.5 Å². The van der Waals surface area contributed by atoms with Crippen molar-refractivity contribution in [3.05, 3.63) is 23.0 Å². The van der Waals surface area contributed by atoms with Gasteiger partial charge in [-0.1, -0.05) is 5.16 Å². The number of carbonyl (C=O) groups excluding carboxylic acids is 5. The first-order chi connectivity index (χ1) is 23.8. The topological polar surface area (TPSA) is 276 Å². The minimum atomic E-state index is -1.58. The number of hydrogen-bond acceptors (Lipinski definition) is 15. The number of thiazole rings is 1. The number of oxime groups is 1. The smallest absolute Gasteiger partial charge is 0.413 e. The van der Waals surface area contributed by atoms with Crippen molar-refractivity contribution in [1.29, 1.82) is 0 Å². The van der Waals surface area contributed by atoms with Gasteiger partial charge in [-0.25, -0.2) is 24.2 Å². The fourth-order valence-corrected chi connectivity index (χ4v) is 4.78. The van der Waals surface area contributed by atoms with E-state index < -0.39 is 70.7 Å². The maximum absolute atomic E-state index is 13.4. The summed E-state index contributed by atoms with van der Waals surface area (Å²) in [5, 5.41) is 35.8. The molecule has 1 aliphatic carbocycles. The molecule has 0 spiro atoms. The van der Waals surface area contributed by atoms with Crippen molar-refractivity contribution in [3.63, 3.8) is 0 Å². The summed E-state index contributed by atoms with van der Waals surface area (Å²) in [6.45, 7) is 10.2. The average molecular weight is 737 g/mol. The number of β-lactam (4-membered cyclic amide) rings is 1. The zero-order valence-electron chi connectivity index (χ0n) is 28.7. The molecule has 21 nitrogen and oxygen atoms in total. The molecular weight excluding hydrogens is 696 g/mol. The Hall–Kier alpha value is -5.54. The normalized spacial score (nSPS) is 17.9. The lowest BCUT2D eigenvalue weighted by Gasteiger charge is -2.36. The summed E-state index contributed by atoms with van der Waals surface area (Å²) in [6.07, 6.45) is -0.425. The van der Waals surface area contributed by atoms with Crippen molar-refractivity contribution in [2.75, 3.05) is 18.5 Å². The van der Waals surface area contributed by atoms with Crippen molar-refractivity contribution < 1.29 is 52.9 Å². The number of carbonyl (C=O) groups is 6. The van der Waals surface area contributed by atoms with Gasteiger partial charge in [0, 0.05) is 18.2 Å². The Labute approximate surface area is 295 Å². The maximum atomic E-state index is 13.4. The zero-order valence-corrected chi connectivity index (χ0v) is 29.5. The van der Waals surface area contributed by atoms with Crippen molar-refractivity contribution in [3.8, 4) is 0 Å². The summed E-state index contributed by atoms with van der Waals surface area (Å²) < 4.78 is 15.3. The van der Waals surface area contributed by atoms with Crippen LogP contribution in [-0.4, -0.2) is 109 Å². The molecule has 5 amide bonds. The molecule has 6 N–H and O–H groups in total. The van der Waals surface area contributed by atoms with Crippen LogP contribution in [0.15, 0.2) is 16.7 Å². The zero-order chi connectivity index (χ0) is 37.6. The number of anilines is 1. The molecule has 1 aliphatic heterocycles. The number of nitrogens with zero attached hydrogens (tertiary/aromatic N) is 5. The Bertz CT molecular complexity index is 1670. The summed E-state index contributed by atoms with van der Waals surface area (Å²) in [5.41, 5.74) is -3.12. The number of ether oxygens (including phenoxy) is 3. The Balaban J connectivity index is 1.31. The maximum Gasteiger partial charge on any atom is 0.413 e. The van der Waals surface area contributed by atoms with Crippen LogP contribution >= 0.6 is 11.3 Å². The Kier molecular flexibility index (Phi) is 11.7. The number of amides is 5. The molecule has 0 radical (unpaired) electrons. The van der Waals surface area contributed by atoms with Gasteiger partial charge in [-0.3, -0.25) is 14.9 Å². The number of hydrogen-bond donors (Lipinski definition) is 6. The van der Waals surface area contributed by atoms with Crippen molar-refractivity contribution in [1.82, 2.24) is 41.2 Å². The first-order valence-electron chi connectivity index (χ1n) is 15.7. The van der Waals surface area contributed by atoms with Gasteiger partial charge in [0.2, 0.25) is 11.5 Å². The third-order valence-electron chi connectivity index (χ3n) is 6.64. The molecule has 0 unspecified atom stereocenters. The summed E-state index contributed by atoms with van der Waals surface area (Å²) in [5.74, 6) is -2.66. The van der Waals surface area contributed by atoms with Gasteiger partial charge in [-0.15, -0.1) is 11.3 Å². The minimum Gasteiger partial charge on any atom is -0.478 e. The van der Waals surface area contributed by atoms with Crippen LogP contribution in [0.25, 0.3) is 0 Å². The van der Waals surface area contributed by atoms with Crippen molar-refractivity contribution in [2.24, 2.45) is 5.16 Å². The van der Waals surface area contributed by atoms with E-state index in [-0.39, 0.29) is 49.9 Å². The SMILES string of the molecule is CC(C)(C)OC(=O)NCCOC(=O)NCc1cnn(C[C@H]2NC(=O)[C@H]2NC(=O)/C(=N\OC2(C(=O)O)CC2)c2csc(NC(=O)OC(C)(C)C)n2)n1. The number of carboxylic acids is 1. The minimum absolute atomic E-state index is 0.0310. The summed E-state index contributed by atoms with van der Waals surface area (Å²) in [4.78, 5) is 84.1. The van der Waals surface area contributed by atoms with Crippen LogP contribution in [0.1, 0.15) is 65.8 Å². The van der Waals surface area contributed by atoms with E-state index in [2.05, 4.69) is 46.9 Å². The van der Waals surface area contributed by atoms with Crippen LogP contribution in [0.5, 0.6) is 0 Å². The van der Waals surface area contributed by atoms with Crippen LogP contribution in [0.3, 0.4) is 0 Å². The van der Waals surface area contributed by atoms with Gasteiger partial charge in [-0.2, -0.15) is 15.0 Å². The van der Waals surface area contributed by atoms with Crippen molar-refractivity contribution >= 4 is 58.2 Å². The Morgan fingerprint density at radius 2 is 1.75 bits per heavy atom. The molecule has 0 aromatic carbocycles. The van der Waals surface area contributed by atoms with Gasteiger partial charge in [0.25, 0.3) is 5.91 Å². The summed E-state index contributed by atoms with van der Waals surface area (Å²) in [6, 6.07) is -1.72. The lowest BCUT2D eigenvalue weighted by Crippen LogP contribution is -2.70. The van der Waals surface area contributed by atoms with E-state index in [4.69, 9.17) is 19.0 Å². The highest BCUT2D eigenvalue weighted by Gasteiger charge is 2.55. The molecule has 1 saturated heterocycles. The van der Waals surface area contributed by atoms with Crippen LogP contribution in [0.4, 0.5) is 19.5 Å². The first kappa shape index (κ1) is 38.3. The monoisotopic (exact) mass is 736 g/mol. The first-order valence-corrected chi connectivity index (χ1v) is 16.5. The molecule has 22 heteroatoms. The summed E-state index contributed by atoms with van der Waals surface area (Å²) >= 11 is 0.953. The highest BCUT2D eigenvalue weighted by Crippen LogP contribution is 2.40. The molecule has 2 fully saturated rings. The second kappa shape index (κ2) is 15.6. The highest BCUT2D eigenvalue weighted by atomic mass is 32.1. The predicted octanol–water partition coefficient (Wildman–Crippen LogP) is 0.854. The molecule has 2 aromatic heterocycles. The van der Waals surface area contributed by atoms with E-state index in [1.54, 1.807) is 41.5 Å². The standard InChI is InChI=1S/C29H40N10O11S/c1-27(2,3)48-25(45)30-9-10-47-24(44)31-11-15-12-32-39(37-15)13-16-18(20(40)33-16)35-21(41)19(38-50-29(7-8-29)22(42)43)17-14-51-23(34-17)36-26(46)49-28(4,5)6/h12,14,16,18H,7-11,13H2,1-6H3,(H,30,45)(H,31,44)(H,33,40)(H,35,41)(H,42,43)(H,34,36,46)/b38-19-/t16-,18+/m1/s1. The van der Waals surface area contributed by atoms with Crippen LogP contribution in [0.2, 0.25) is 0 Å². The molecule has 3 heterocycles. The summed E-state index contributed by atoms with van der Waals surface area (Å²) in [7, 11) is 0. The average Bonchev–Trinajstić information content (AvgIpc) is 3.45. The van der Waals surface area contributed by atoms with Gasteiger partial charge in [0.1, 0.15) is 35.2 Å². The van der Waals surface area contributed by atoms with Gasteiger partial charge in [0.15, 0.2) is 10.8 Å². The number of aromatic nitrogens is 4. The fourth-order valence-electron chi connectivity index (χ4n) is 4.10. The molecule has 2 aliphatic rings. The van der Waals surface area contributed by atoms with Crippen LogP contribution in [-0.2, 0) is 46.5 Å². The lowest BCUT2D eigenvalue weighted by atomic mass is 9.98. The Morgan fingerprint density at radius 3 is 2.37 bits per heavy atom. The third-order valence-corrected chi connectivity index (χ3v) is 7.39. The van der Waals surface area contributed by atoms with E-state index in [1.165, 1.54) is 16.4 Å². The molecular formula is C29H40N10O11S. The second-order valence-electron chi connectivity index (χ2n) is 13.4. The van der Waals surface area contributed by atoms with Gasteiger partial charge < -0.3 is 45.4 Å². The number of carboxylic acid groups (broad SMARTS) is 1. The van der Waals surface area contributed by atoms with Gasteiger partial charge >= 0.3 is 24.2 Å². The van der Waals surface area contributed by atoms with Crippen LogP contribution in [0, 0.1) is 0 Å². The molecule has 51 heavy (non-hydrogen) atoms. The number of alkyl carbamates (subject to hydrolysis) is 2. The van der Waals surface area contributed by atoms with E-state index in [0.717, 1.165) is 11.3 Å². The number of rotatable bonds is 14. The molecule has 4 rings (SSSR count). The highest BCUT2D eigenvalue weighted by molar-refractivity contribution is 7.14. The molecule has 278 valence electrons. The molecule has 0 bridgehead atoms. The fraction of sp³-hybridized carbons (Fsp3) is 0.586. The van der Waals surface area contributed by atoms with E-state index >= 15 is 0 Å². The Morgan fingerprint density at radius 1 is 1.06 bits per heavy atom. The van der Waals surface area contributed by atoms with E-state index in [9.17, 15) is 33.9 Å². The lowest BCUT2D eigenvalue weighted by molar-refractivity contribution is -0.153. The largest absolute Gasteiger partial charge is 0.478 e. The third kappa shape index (κ3) is 11.5. The van der Waals surface area contributed by atoms with Gasteiger partial charge in [0.05, 0.1) is 31.9 Å². The predicted molar refractivity (Wildman–Crippen MR) is 176 cm³/mol. The molecule has 2 aromatic rings. The molecule has 2 atom stereocenters. The van der Waals surface area contributed by atoms with Crippen molar-refractivity contribution in [2.45, 2.75) is 96.4 Å². The van der Waals surface area contributed by atoms with E-state index in [0.29, 0.717) is 5.69 Å². The van der Waals surface area contributed by atoms with Crippen LogP contribution < -0.4 is 26.6 Å². The molecule has 1 saturated carbocycles. The van der Waals surface area contributed by atoms with E-state index in [1.807, 2.05) is 0 Å². The quantitative estimate of drug-likeness (QED) is 0.0516. The number of nitrogens with one attached hydrogen (secondary N) is 5.